The summed E-state index contributed by atoms with van der Waals surface area (Å²) in [5.74, 6) is 0.983. The normalized spacial score (nSPS) is 10.2. The van der Waals surface area contributed by atoms with E-state index in [1.54, 1.807) is 7.11 Å². The van der Waals surface area contributed by atoms with Gasteiger partial charge >= 0.3 is 0 Å². The van der Waals surface area contributed by atoms with Crippen LogP contribution in [0.4, 0.5) is 5.82 Å². The quantitative estimate of drug-likeness (QED) is 0.789. The first kappa shape index (κ1) is 11.2. The van der Waals surface area contributed by atoms with Gasteiger partial charge < -0.3 is 10.5 Å². The SMILES string of the molecule is COc1ccc(-c2[nH]nc(N)c2C=O)c(C)c1. The number of aromatic nitrogens is 2. The molecule has 3 N–H and O–H groups in total. The molecular weight excluding hydrogens is 218 g/mol. The number of hydrogen-bond acceptors (Lipinski definition) is 4. The van der Waals surface area contributed by atoms with E-state index >= 15 is 0 Å². The monoisotopic (exact) mass is 231 g/mol. The van der Waals surface area contributed by atoms with Gasteiger partial charge in [0.2, 0.25) is 0 Å². The first-order chi connectivity index (χ1) is 8.17. The van der Waals surface area contributed by atoms with Crippen molar-refractivity contribution in [1.29, 1.82) is 0 Å². The van der Waals surface area contributed by atoms with Crippen molar-refractivity contribution < 1.29 is 9.53 Å². The Bertz CT molecular complexity index is 561. The molecule has 0 aliphatic rings. The van der Waals surface area contributed by atoms with Gasteiger partial charge in [0.1, 0.15) is 5.75 Å². The fraction of sp³-hybridized carbons (Fsp3) is 0.167. The molecule has 1 heterocycles. The van der Waals surface area contributed by atoms with Crippen LogP contribution < -0.4 is 10.5 Å². The molecule has 5 heteroatoms. The number of carbonyl (C=O) groups excluding carboxylic acids is 1. The van der Waals surface area contributed by atoms with Gasteiger partial charge in [-0.25, -0.2) is 0 Å². The Hall–Kier alpha value is -2.30. The molecule has 0 saturated carbocycles. The fourth-order valence-corrected chi connectivity index (χ4v) is 1.73. The lowest BCUT2D eigenvalue weighted by Crippen LogP contribution is -1.92. The molecule has 17 heavy (non-hydrogen) atoms. The third kappa shape index (κ3) is 1.87. The second-order valence-corrected chi connectivity index (χ2v) is 3.70. The number of nitrogen functional groups attached to an aromatic ring is 1. The fourth-order valence-electron chi connectivity index (χ4n) is 1.73. The second kappa shape index (κ2) is 4.29. The highest BCUT2D eigenvalue weighted by Crippen LogP contribution is 2.29. The highest BCUT2D eigenvalue weighted by molar-refractivity contribution is 5.91. The summed E-state index contributed by atoms with van der Waals surface area (Å²) in [4.78, 5) is 11.0. The predicted octanol–water partition coefficient (Wildman–Crippen LogP) is 1.79. The number of hydrogen-bond donors (Lipinski definition) is 2. The summed E-state index contributed by atoms with van der Waals surface area (Å²) in [5.41, 5.74) is 8.49. The van der Waals surface area contributed by atoms with Gasteiger partial charge in [-0.3, -0.25) is 9.89 Å². The molecule has 0 aliphatic heterocycles. The molecular formula is C12H13N3O2. The van der Waals surface area contributed by atoms with Gasteiger partial charge in [-0.2, -0.15) is 5.10 Å². The number of H-pyrrole nitrogens is 1. The number of aryl methyl sites for hydroxylation is 1. The zero-order chi connectivity index (χ0) is 12.4. The molecule has 0 fully saturated rings. The molecule has 0 saturated heterocycles. The molecule has 1 aromatic carbocycles. The number of rotatable bonds is 3. The number of aldehydes is 1. The molecule has 0 radical (unpaired) electrons. The van der Waals surface area contributed by atoms with Crippen molar-refractivity contribution in [1.82, 2.24) is 10.2 Å². The van der Waals surface area contributed by atoms with Crippen LogP contribution in [0.2, 0.25) is 0 Å². The Kier molecular flexibility index (Phi) is 2.82. The summed E-state index contributed by atoms with van der Waals surface area (Å²) in [6.45, 7) is 1.93. The molecule has 0 spiro atoms. The average molecular weight is 231 g/mol. The summed E-state index contributed by atoms with van der Waals surface area (Å²) in [6, 6.07) is 5.59. The molecule has 2 rings (SSSR count). The van der Waals surface area contributed by atoms with Crippen LogP contribution in [0.1, 0.15) is 15.9 Å². The van der Waals surface area contributed by atoms with Crippen molar-refractivity contribution in [3.63, 3.8) is 0 Å². The topological polar surface area (TPSA) is 81.0 Å². The summed E-state index contributed by atoms with van der Waals surface area (Å²) in [7, 11) is 1.61. The van der Waals surface area contributed by atoms with Crippen molar-refractivity contribution in [2.45, 2.75) is 6.92 Å². The maximum absolute atomic E-state index is 11.0. The van der Waals surface area contributed by atoms with E-state index in [4.69, 9.17) is 10.5 Å². The van der Waals surface area contributed by atoms with Crippen molar-refractivity contribution in [3.8, 4) is 17.0 Å². The third-order valence-corrected chi connectivity index (χ3v) is 2.65. The Labute approximate surface area is 98.6 Å². The first-order valence-corrected chi connectivity index (χ1v) is 5.11. The molecule has 0 aliphatic carbocycles. The Morgan fingerprint density at radius 3 is 2.82 bits per heavy atom. The Morgan fingerprint density at radius 1 is 1.47 bits per heavy atom. The lowest BCUT2D eigenvalue weighted by atomic mass is 10.0. The predicted molar refractivity (Wildman–Crippen MR) is 65.1 cm³/mol. The summed E-state index contributed by atoms with van der Waals surface area (Å²) < 4.78 is 5.13. The van der Waals surface area contributed by atoms with E-state index in [2.05, 4.69) is 10.2 Å². The highest BCUT2D eigenvalue weighted by Gasteiger charge is 2.13. The largest absolute Gasteiger partial charge is 0.497 e. The van der Waals surface area contributed by atoms with Crippen molar-refractivity contribution >= 4 is 12.1 Å². The van der Waals surface area contributed by atoms with E-state index < -0.39 is 0 Å². The Balaban J connectivity index is 2.56. The Morgan fingerprint density at radius 2 is 2.24 bits per heavy atom. The molecule has 5 nitrogen and oxygen atoms in total. The first-order valence-electron chi connectivity index (χ1n) is 5.11. The smallest absolute Gasteiger partial charge is 0.156 e. The van der Waals surface area contributed by atoms with Crippen LogP contribution in [0, 0.1) is 6.92 Å². The van der Waals surface area contributed by atoms with Crippen LogP contribution >= 0.6 is 0 Å². The summed E-state index contributed by atoms with van der Waals surface area (Å²) in [5, 5.41) is 6.61. The molecule has 0 amide bonds. The summed E-state index contributed by atoms with van der Waals surface area (Å²) >= 11 is 0. The summed E-state index contributed by atoms with van der Waals surface area (Å²) in [6.07, 6.45) is 0.706. The van der Waals surface area contributed by atoms with E-state index in [0.717, 1.165) is 16.9 Å². The zero-order valence-electron chi connectivity index (χ0n) is 9.65. The second-order valence-electron chi connectivity index (χ2n) is 3.70. The number of aromatic amines is 1. The van der Waals surface area contributed by atoms with Crippen LogP contribution in [0.15, 0.2) is 18.2 Å². The van der Waals surface area contributed by atoms with Crippen LogP contribution in [-0.4, -0.2) is 23.6 Å². The van der Waals surface area contributed by atoms with Gasteiger partial charge in [0.25, 0.3) is 0 Å². The van der Waals surface area contributed by atoms with Gasteiger partial charge in [-0.05, 0) is 30.7 Å². The number of anilines is 1. The van der Waals surface area contributed by atoms with E-state index in [1.807, 2.05) is 25.1 Å². The molecule has 1 aromatic heterocycles. The van der Waals surface area contributed by atoms with E-state index in [9.17, 15) is 4.79 Å². The number of nitrogens with two attached hydrogens (primary N) is 1. The van der Waals surface area contributed by atoms with Crippen molar-refractivity contribution in [2.24, 2.45) is 0 Å². The number of benzene rings is 1. The minimum absolute atomic E-state index is 0.213. The standard InChI is InChI=1S/C12H13N3O2/c1-7-5-8(17-2)3-4-9(7)11-10(6-16)12(13)15-14-11/h3-6H,1-2H3,(H3,13,14,15). The molecule has 0 bridgehead atoms. The van der Waals surface area contributed by atoms with Gasteiger partial charge in [0.15, 0.2) is 12.1 Å². The molecule has 0 unspecified atom stereocenters. The highest BCUT2D eigenvalue weighted by atomic mass is 16.5. The van der Waals surface area contributed by atoms with Gasteiger partial charge in [-0.1, -0.05) is 0 Å². The van der Waals surface area contributed by atoms with Crippen molar-refractivity contribution in [2.75, 3.05) is 12.8 Å². The average Bonchev–Trinajstić information content (AvgIpc) is 2.70. The number of methoxy groups -OCH3 is 1. The maximum atomic E-state index is 11.0. The van der Waals surface area contributed by atoms with E-state index in [1.165, 1.54) is 0 Å². The van der Waals surface area contributed by atoms with Gasteiger partial charge in [0.05, 0.1) is 18.4 Å². The van der Waals surface area contributed by atoms with E-state index in [-0.39, 0.29) is 5.82 Å². The molecule has 2 aromatic rings. The number of carbonyl (C=O) groups is 1. The van der Waals surface area contributed by atoms with Crippen LogP contribution in [0.25, 0.3) is 11.3 Å². The van der Waals surface area contributed by atoms with Crippen LogP contribution in [0.5, 0.6) is 5.75 Å². The van der Waals surface area contributed by atoms with Crippen LogP contribution in [0.3, 0.4) is 0 Å². The van der Waals surface area contributed by atoms with Gasteiger partial charge in [-0.15, -0.1) is 0 Å². The van der Waals surface area contributed by atoms with Gasteiger partial charge in [0, 0.05) is 5.56 Å². The maximum Gasteiger partial charge on any atom is 0.156 e. The number of nitrogens with one attached hydrogen (secondary N) is 1. The minimum Gasteiger partial charge on any atom is -0.497 e. The number of nitrogens with zero attached hydrogens (tertiary/aromatic N) is 1. The molecule has 0 atom stereocenters. The van der Waals surface area contributed by atoms with Crippen molar-refractivity contribution in [3.05, 3.63) is 29.3 Å². The van der Waals surface area contributed by atoms with E-state index in [0.29, 0.717) is 17.5 Å². The lowest BCUT2D eigenvalue weighted by molar-refractivity contribution is 0.112. The van der Waals surface area contributed by atoms with Crippen LogP contribution in [-0.2, 0) is 0 Å². The molecule has 88 valence electrons. The number of ether oxygens (including phenoxy) is 1. The minimum atomic E-state index is 0.213. The third-order valence-electron chi connectivity index (χ3n) is 2.65. The zero-order valence-corrected chi connectivity index (χ0v) is 9.65. The lowest BCUT2D eigenvalue weighted by Gasteiger charge is -2.06.